The predicted molar refractivity (Wildman–Crippen MR) is 125 cm³/mol. The number of halogens is 1. The second kappa shape index (κ2) is 10.2. The lowest BCUT2D eigenvalue weighted by molar-refractivity contribution is -0.130. The van der Waals surface area contributed by atoms with E-state index in [1.807, 2.05) is 36.1 Å². The van der Waals surface area contributed by atoms with Crippen LogP contribution in [0.1, 0.15) is 35.5 Å². The molecule has 1 amide bonds. The Morgan fingerprint density at radius 2 is 1.82 bits per heavy atom. The summed E-state index contributed by atoms with van der Waals surface area (Å²) in [5, 5.41) is 0. The summed E-state index contributed by atoms with van der Waals surface area (Å²) in [6, 6.07) is 18.6. The molecule has 0 radical (unpaired) electrons. The molecule has 1 saturated heterocycles. The van der Waals surface area contributed by atoms with Gasteiger partial charge in [-0.15, -0.1) is 0 Å². The average Bonchev–Trinajstić information content (AvgIpc) is 3.40. The van der Waals surface area contributed by atoms with E-state index in [-0.39, 0.29) is 23.6 Å². The maximum atomic E-state index is 13.3. The molecule has 1 aliphatic rings. The number of hydrogen-bond acceptors (Lipinski definition) is 4. The molecule has 1 aliphatic heterocycles. The lowest BCUT2D eigenvalue weighted by atomic mass is 9.88. The van der Waals surface area contributed by atoms with Gasteiger partial charge in [-0.2, -0.15) is 0 Å². The summed E-state index contributed by atoms with van der Waals surface area (Å²) in [5.74, 6) is 2.99. The van der Waals surface area contributed by atoms with Gasteiger partial charge in [-0.3, -0.25) is 9.69 Å². The number of aryl methyl sites for hydroxylation is 1. The molecule has 2 aromatic carbocycles. The number of ether oxygens (including phenoxy) is 1. The molecule has 0 N–H and O–H groups in total. The normalized spacial score (nSPS) is 18.4. The van der Waals surface area contributed by atoms with Crippen LogP contribution < -0.4 is 4.74 Å². The topological polar surface area (TPSA) is 45.9 Å². The van der Waals surface area contributed by atoms with E-state index in [9.17, 15) is 9.18 Å². The summed E-state index contributed by atoms with van der Waals surface area (Å²) < 4.78 is 24.5. The standard InChI is InChI=1S/C27H31FN2O3/c1-19-4-11-26(33-19)17-29-15-23(27(18-29)22-7-12-25(32-3)13-8-22)16-30(20(2)31)14-21-5-9-24(28)10-6-21/h4-13,23,27H,14-18H2,1-3H3/t23-,27+/m0/s1. The Kier molecular flexibility index (Phi) is 7.14. The van der Waals surface area contributed by atoms with E-state index in [1.165, 1.54) is 17.7 Å². The second-order valence-corrected chi connectivity index (χ2v) is 8.87. The van der Waals surface area contributed by atoms with Gasteiger partial charge in [-0.05, 0) is 60.4 Å². The van der Waals surface area contributed by atoms with Crippen LogP contribution in [-0.2, 0) is 17.9 Å². The van der Waals surface area contributed by atoms with E-state index in [1.54, 1.807) is 26.2 Å². The lowest BCUT2D eigenvalue weighted by Crippen LogP contribution is -2.35. The van der Waals surface area contributed by atoms with Crippen molar-refractivity contribution >= 4 is 5.91 Å². The molecule has 0 saturated carbocycles. The summed E-state index contributed by atoms with van der Waals surface area (Å²) in [6.45, 7) is 7.16. The maximum Gasteiger partial charge on any atom is 0.219 e. The molecule has 6 heteroatoms. The Labute approximate surface area is 194 Å². The van der Waals surface area contributed by atoms with E-state index in [0.29, 0.717) is 13.1 Å². The van der Waals surface area contributed by atoms with Gasteiger partial charge >= 0.3 is 0 Å². The number of benzene rings is 2. The monoisotopic (exact) mass is 450 g/mol. The van der Waals surface area contributed by atoms with Crippen LogP contribution in [0.25, 0.3) is 0 Å². The zero-order valence-corrected chi connectivity index (χ0v) is 19.5. The van der Waals surface area contributed by atoms with Gasteiger partial charge in [-0.1, -0.05) is 24.3 Å². The summed E-state index contributed by atoms with van der Waals surface area (Å²) >= 11 is 0. The zero-order valence-electron chi connectivity index (χ0n) is 19.5. The molecular weight excluding hydrogens is 419 g/mol. The van der Waals surface area contributed by atoms with E-state index >= 15 is 0 Å². The van der Waals surface area contributed by atoms with E-state index in [2.05, 4.69) is 17.0 Å². The molecule has 2 atom stereocenters. The number of amides is 1. The molecule has 0 bridgehead atoms. The van der Waals surface area contributed by atoms with Crippen molar-refractivity contribution in [3.63, 3.8) is 0 Å². The highest BCUT2D eigenvalue weighted by Gasteiger charge is 2.35. The van der Waals surface area contributed by atoms with Gasteiger partial charge < -0.3 is 14.1 Å². The fourth-order valence-corrected chi connectivity index (χ4v) is 4.69. The van der Waals surface area contributed by atoms with Crippen LogP contribution in [0, 0.1) is 18.7 Å². The molecule has 1 aromatic heterocycles. The highest BCUT2D eigenvalue weighted by Crippen LogP contribution is 2.35. The van der Waals surface area contributed by atoms with Gasteiger partial charge in [0.1, 0.15) is 23.1 Å². The molecule has 4 rings (SSSR count). The Morgan fingerprint density at radius 1 is 1.09 bits per heavy atom. The second-order valence-electron chi connectivity index (χ2n) is 8.87. The lowest BCUT2D eigenvalue weighted by Gasteiger charge is -2.28. The van der Waals surface area contributed by atoms with Crippen molar-refractivity contribution in [1.82, 2.24) is 9.80 Å². The SMILES string of the molecule is COc1ccc([C@H]2CN(Cc3ccc(C)o3)C[C@H]2CN(Cc2ccc(F)cc2)C(C)=O)cc1. The third-order valence-corrected chi connectivity index (χ3v) is 6.42. The van der Waals surface area contributed by atoms with Crippen molar-refractivity contribution in [3.05, 3.63) is 89.1 Å². The number of nitrogens with zero attached hydrogens (tertiary/aromatic N) is 2. The van der Waals surface area contributed by atoms with E-state index < -0.39 is 0 Å². The van der Waals surface area contributed by atoms with Crippen molar-refractivity contribution < 1.29 is 18.3 Å². The quantitative estimate of drug-likeness (QED) is 0.485. The molecular formula is C27H31FN2O3. The third kappa shape index (κ3) is 5.82. The first-order valence-electron chi connectivity index (χ1n) is 11.3. The Bertz CT molecular complexity index is 1060. The molecule has 33 heavy (non-hydrogen) atoms. The van der Waals surface area contributed by atoms with Crippen molar-refractivity contribution in [1.29, 1.82) is 0 Å². The Balaban J connectivity index is 1.53. The number of rotatable bonds is 8. The van der Waals surface area contributed by atoms with Crippen molar-refractivity contribution in [2.24, 2.45) is 5.92 Å². The number of likely N-dealkylation sites (tertiary alicyclic amines) is 1. The summed E-state index contributed by atoms with van der Waals surface area (Å²) in [4.78, 5) is 16.8. The highest BCUT2D eigenvalue weighted by atomic mass is 19.1. The third-order valence-electron chi connectivity index (χ3n) is 6.42. The van der Waals surface area contributed by atoms with Gasteiger partial charge in [0.15, 0.2) is 0 Å². The number of carbonyl (C=O) groups excluding carboxylic acids is 1. The molecule has 5 nitrogen and oxygen atoms in total. The van der Waals surface area contributed by atoms with Crippen LogP contribution in [-0.4, -0.2) is 42.5 Å². The van der Waals surface area contributed by atoms with E-state index in [0.717, 1.165) is 42.5 Å². The molecule has 1 fully saturated rings. The van der Waals surface area contributed by atoms with Gasteiger partial charge in [0, 0.05) is 39.0 Å². The number of carbonyl (C=O) groups is 1. The summed E-state index contributed by atoms with van der Waals surface area (Å²) in [7, 11) is 1.67. The smallest absolute Gasteiger partial charge is 0.219 e. The minimum absolute atomic E-state index is 0.0212. The molecule has 0 aliphatic carbocycles. The fourth-order valence-electron chi connectivity index (χ4n) is 4.69. The first-order valence-corrected chi connectivity index (χ1v) is 11.3. The first kappa shape index (κ1) is 23.1. The first-order chi connectivity index (χ1) is 15.9. The Morgan fingerprint density at radius 3 is 2.42 bits per heavy atom. The van der Waals surface area contributed by atoms with Crippen LogP contribution in [0.15, 0.2) is 65.1 Å². The van der Waals surface area contributed by atoms with Crippen molar-refractivity contribution in [2.45, 2.75) is 32.9 Å². The maximum absolute atomic E-state index is 13.3. The zero-order chi connectivity index (χ0) is 23.4. The Hall–Kier alpha value is -3.12. The molecule has 2 heterocycles. The van der Waals surface area contributed by atoms with Crippen LogP contribution >= 0.6 is 0 Å². The molecule has 0 unspecified atom stereocenters. The number of furan rings is 1. The van der Waals surface area contributed by atoms with Gasteiger partial charge in [0.25, 0.3) is 0 Å². The van der Waals surface area contributed by atoms with Crippen LogP contribution in [0.2, 0.25) is 0 Å². The largest absolute Gasteiger partial charge is 0.497 e. The molecule has 174 valence electrons. The van der Waals surface area contributed by atoms with E-state index in [4.69, 9.17) is 9.15 Å². The predicted octanol–water partition coefficient (Wildman–Crippen LogP) is 5.00. The minimum Gasteiger partial charge on any atom is -0.497 e. The molecule has 0 spiro atoms. The van der Waals surface area contributed by atoms with Crippen LogP contribution in [0.4, 0.5) is 4.39 Å². The number of methoxy groups -OCH3 is 1. The summed E-state index contributed by atoms with van der Waals surface area (Å²) in [6.07, 6.45) is 0. The van der Waals surface area contributed by atoms with Gasteiger partial charge in [-0.25, -0.2) is 4.39 Å². The minimum atomic E-state index is -0.271. The molecule has 3 aromatic rings. The summed E-state index contributed by atoms with van der Waals surface area (Å²) in [5.41, 5.74) is 2.16. The van der Waals surface area contributed by atoms with Crippen molar-refractivity contribution in [2.75, 3.05) is 26.7 Å². The van der Waals surface area contributed by atoms with Crippen molar-refractivity contribution in [3.8, 4) is 5.75 Å². The average molecular weight is 451 g/mol. The highest BCUT2D eigenvalue weighted by molar-refractivity contribution is 5.73. The van der Waals surface area contributed by atoms with Gasteiger partial charge in [0.2, 0.25) is 5.91 Å². The van der Waals surface area contributed by atoms with Crippen LogP contribution in [0.3, 0.4) is 0 Å². The fraction of sp³-hybridized carbons (Fsp3) is 0.370. The number of hydrogen-bond donors (Lipinski definition) is 0. The van der Waals surface area contributed by atoms with Gasteiger partial charge in [0.05, 0.1) is 13.7 Å². The van der Waals surface area contributed by atoms with Crippen LogP contribution in [0.5, 0.6) is 5.75 Å².